The highest BCUT2D eigenvalue weighted by Crippen LogP contribution is 2.08. The Bertz CT molecular complexity index is 796. The normalized spacial score (nSPS) is 12.9. The molecule has 1 heterocycles. The van der Waals surface area contributed by atoms with Crippen LogP contribution in [0.2, 0.25) is 0 Å². The number of nitrogens with zero attached hydrogens (tertiary/aromatic N) is 2. The van der Waals surface area contributed by atoms with Gasteiger partial charge in [-0.2, -0.15) is 0 Å². The molecule has 148 valence electrons. The van der Waals surface area contributed by atoms with E-state index in [4.69, 9.17) is 10.5 Å². The van der Waals surface area contributed by atoms with Crippen molar-refractivity contribution in [3.05, 3.63) is 60.2 Å². The predicted molar refractivity (Wildman–Crippen MR) is 102 cm³/mol. The summed E-state index contributed by atoms with van der Waals surface area (Å²) in [7, 11) is 0. The summed E-state index contributed by atoms with van der Waals surface area (Å²) in [5.41, 5.74) is 6.63. The number of nitrogens with two attached hydrogens (primary N) is 1. The van der Waals surface area contributed by atoms with E-state index < -0.39 is 29.9 Å². The Hall–Kier alpha value is -3.13. The van der Waals surface area contributed by atoms with Crippen LogP contribution in [-0.2, 0) is 20.7 Å². The molecule has 1 amide bonds. The Morgan fingerprint density at radius 3 is 2.43 bits per heavy atom. The molecule has 2 aromatic rings. The summed E-state index contributed by atoms with van der Waals surface area (Å²) in [5, 5.41) is 2.56. The van der Waals surface area contributed by atoms with Gasteiger partial charge in [0, 0.05) is 18.8 Å². The summed E-state index contributed by atoms with van der Waals surface area (Å²) in [5.74, 6) is -2.10. The number of esters is 2. The molecule has 0 spiro atoms. The van der Waals surface area contributed by atoms with Crippen LogP contribution in [0.4, 0.5) is 0 Å². The van der Waals surface area contributed by atoms with Crippen LogP contribution in [0.5, 0.6) is 0 Å². The van der Waals surface area contributed by atoms with Crippen molar-refractivity contribution in [2.45, 2.75) is 38.8 Å². The van der Waals surface area contributed by atoms with Crippen molar-refractivity contribution in [3.63, 3.8) is 0 Å². The number of carbonyl (C=O) groups is 3. The third-order valence-corrected chi connectivity index (χ3v) is 3.90. The lowest BCUT2D eigenvalue weighted by molar-refractivity contribution is -0.162. The first-order valence-electron chi connectivity index (χ1n) is 8.98. The second-order valence-electron chi connectivity index (χ2n) is 6.78. The van der Waals surface area contributed by atoms with Gasteiger partial charge in [-0.15, -0.1) is 0 Å². The first-order valence-corrected chi connectivity index (χ1v) is 8.98. The Balaban J connectivity index is 2.11. The maximum atomic E-state index is 12.6. The van der Waals surface area contributed by atoms with Gasteiger partial charge in [0.1, 0.15) is 17.8 Å². The van der Waals surface area contributed by atoms with E-state index in [9.17, 15) is 14.4 Å². The molecule has 0 aliphatic carbocycles. The van der Waals surface area contributed by atoms with Crippen LogP contribution in [0.1, 0.15) is 36.3 Å². The van der Waals surface area contributed by atoms with Crippen molar-refractivity contribution in [2.24, 2.45) is 11.7 Å². The second kappa shape index (κ2) is 10.3. The fraction of sp³-hybridized carbons (Fsp3) is 0.350. The largest absolute Gasteiger partial charge is 0.390 e. The molecule has 28 heavy (non-hydrogen) atoms. The van der Waals surface area contributed by atoms with Gasteiger partial charge in [-0.05, 0) is 17.9 Å². The molecular weight excluding hydrogens is 360 g/mol. The van der Waals surface area contributed by atoms with Crippen molar-refractivity contribution in [3.8, 4) is 0 Å². The van der Waals surface area contributed by atoms with E-state index in [1.54, 1.807) is 12.1 Å². The molecular formula is C20H24N4O4. The van der Waals surface area contributed by atoms with Crippen LogP contribution >= 0.6 is 0 Å². The zero-order valence-electron chi connectivity index (χ0n) is 15.9. The SMILES string of the molecule is CC(C)C[C@H](N)C(=O)OC(=O)[C@H](Cc1ccccc1)NC(=O)c1cnccn1. The summed E-state index contributed by atoms with van der Waals surface area (Å²) in [6.45, 7) is 3.82. The van der Waals surface area contributed by atoms with E-state index in [1.807, 2.05) is 32.0 Å². The van der Waals surface area contributed by atoms with Crippen molar-refractivity contribution in [1.29, 1.82) is 0 Å². The Kier molecular flexibility index (Phi) is 7.76. The summed E-state index contributed by atoms with van der Waals surface area (Å²) in [6.07, 6.45) is 4.62. The fourth-order valence-corrected chi connectivity index (χ4v) is 2.54. The highest BCUT2D eigenvalue weighted by Gasteiger charge is 2.28. The van der Waals surface area contributed by atoms with E-state index in [0.717, 1.165) is 5.56 Å². The van der Waals surface area contributed by atoms with Crippen LogP contribution in [-0.4, -0.2) is 39.9 Å². The standard InChI is InChI=1S/C20H24N4O4/c1-13(2)10-15(21)19(26)28-20(27)16(11-14-6-4-3-5-7-14)24-18(25)17-12-22-8-9-23-17/h3-9,12-13,15-16H,10-11,21H2,1-2H3,(H,24,25)/t15-,16-/m0/s1. The van der Waals surface area contributed by atoms with Gasteiger partial charge in [0.2, 0.25) is 0 Å². The Morgan fingerprint density at radius 1 is 1.11 bits per heavy atom. The van der Waals surface area contributed by atoms with Crippen molar-refractivity contribution in [2.75, 3.05) is 0 Å². The number of hydrogen-bond acceptors (Lipinski definition) is 7. The average Bonchev–Trinajstić information content (AvgIpc) is 2.68. The average molecular weight is 384 g/mol. The summed E-state index contributed by atoms with van der Waals surface area (Å²) in [4.78, 5) is 44.8. The van der Waals surface area contributed by atoms with Gasteiger partial charge in [-0.25, -0.2) is 14.6 Å². The van der Waals surface area contributed by atoms with Crippen molar-refractivity contribution in [1.82, 2.24) is 15.3 Å². The number of hydrogen-bond donors (Lipinski definition) is 2. The number of ether oxygens (including phenoxy) is 1. The molecule has 0 unspecified atom stereocenters. The molecule has 0 bridgehead atoms. The van der Waals surface area contributed by atoms with E-state index >= 15 is 0 Å². The maximum absolute atomic E-state index is 12.6. The lowest BCUT2D eigenvalue weighted by Gasteiger charge is -2.18. The number of rotatable bonds is 8. The molecule has 2 rings (SSSR count). The van der Waals surface area contributed by atoms with Crippen LogP contribution in [0.15, 0.2) is 48.9 Å². The van der Waals surface area contributed by atoms with E-state index in [0.29, 0.717) is 6.42 Å². The van der Waals surface area contributed by atoms with Gasteiger partial charge in [0.25, 0.3) is 5.91 Å². The summed E-state index contributed by atoms with van der Waals surface area (Å²) < 4.78 is 4.93. The molecule has 8 nitrogen and oxygen atoms in total. The molecule has 0 radical (unpaired) electrons. The van der Waals surface area contributed by atoms with Crippen LogP contribution in [0.25, 0.3) is 0 Å². The molecule has 0 saturated carbocycles. The zero-order valence-corrected chi connectivity index (χ0v) is 15.9. The number of benzene rings is 1. The van der Waals surface area contributed by atoms with Crippen molar-refractivity contribution >= 4 is 17.8 Å². The van der Waals surface area contributed by atoms with Gasteiger partial charge in [0.05, 0.1) is 6.20 Å². The molecule has 1 aromatic heterocycles. The van der Waals surface area contributed by atoms with Gasteiger partial charge in [-0.3, -0.25) is 9.78 Å². The lowest BCUT2D eigenvalue weighted by atomic mass is 10.0. The first-order chi connectivity index (χ1) is 13.4. The molecule has 3 N–H and O–H groups in total. The highest BCUT2D eigenvalue weighted by atomic mass is 16.6. The molecule has 2 atom stereocenters. The van der Waals surface area contributed by atoms with Crippen LogP contribution in [0.3, 0.4) is 0 Å². The zero-order chi connectivity index (χ0) is 20.5. The van der Waals surface area contributed by atoms with Crippen molar-refractivity contribution < 1.29 is 19.1 Å². The topological polar surface area (TPSA) is 124 Å². The van der Waals surface area contributed by atoms with Crippen LogP contribution in [0, 0.1) is 5.92 Å². The van der Waals surface area contributed by atoms with E-state index in [-0.39, 0.29) is 18.0 Å². The summed E-state index contributed by atoms with van der Waals surface area (Å²) in [6, 6.07) is 7.09. The van der Waals surface area contributed by atoms with Gasteiger partial charge in [0.15, 0.2) is 0 Å². The predicted octanol–water partition coefficient (Wildman–Crippen LogP) is 1.26. The van der Waals surface area contributed by atoms with Gasteiger partial charge in [-0.1, -0.05) is 44.2 Å². The van der Waals surface area contributed by atoms with Crippen LogP contribution < -0.4 is 11.1 Å². The number of nitrogens with one attached hydrogen (secondary N) is 1. The minimum atomic E-state index is -1.08. The lowest BCUT2D eigenvalue weighted by Crippen LogP contribution is -2.46. The Morgan fingerprint density at radius 2 is 1.82 bits per heavy atom. The highest BCUT2D eigenvalue weighted by molar-refractivity contribution is 5.97. The van der Waals surface area contributed by atoms with E-state index in [2.05, 4.69) is 15.3 Å². The quantitative estimate of drug-likeness (QED) is 0.518. The monoisotopic (exact) mass is 384 g/mol. The molecule has 0 aliphatic heterocycles. The molecule has 0 fully saturated rings. The minimum absolute atomic E-state index is 0.0520. The molecule has 0 aliphatic rings. The number of amides is 1. The third-order valence-electron chi connectivity index (χ3n) is 3.90. The van der Waals surface area contributed by atoms with Gasteiger partial charge < -0.3 is 15.8 Å². The smallest absolute Gasteiger partial charge is 0.336 e. The molecule has 8 heteroatoms. The number of carbonyl (C=O) groups excluding carboxylic acids is 3. The first kappa shape index (κ1) is 21.2. The maximum Gasteiger partial charge on any atom is 0.336 e. The number of aromatic nitrogens is 2. The summed E-state index contributed by atoms with van der Waals surface area (Å²) >= 11 is 0. The fourth-order valence-electron chi connectivity index (χ4n) is 2.54. The van der Waals surface area contributed by atoms with Gasteiger partial charge >= 0.3 is 11.9 Å². The Labute approximate surface area is 163 Å². The minimum Gasteiger partial charge on any atom is -0.390 e. The molecule has 0 saturated heterocycles. The van der Waals surface area contributed by atoms with E-state index in [1.165, 1.54) is 18.6 Å². The third kappa shape index (κ3) is 6.55. The molecule has 1 aromatic carbocycles. The second-order valence-corrected chi connectivity index (χ2v) is 6.78.